The number of nitrogens with zero attached hydrogens (tertiary/aromatic N) is 2. The van der Waals surface area contributed by atoms with Crippen LogP contribution in [0.2, 0.25) is 0 Å². The van der Waals surface area contributed by atoms with Gasteiger partial charge < -0.3 is 4.74 Å². The standard InChI is InChI=1S/C13H16N2O2/c1-9-6-5-7-11(15-9)10(8-14)12(16)17-13(2,3)4/h5-7,10H,1-4H3. The van der Waals surface area contributed by atoms with Crippen molar-refractivity contribution in [3.63, 3.8) is 0 Å². The quantitative estimate of drug-likeness (QED) is 0.734. The van der Waals surface area contributed by atoms with Crippen LogP contribution in [0.25, 0.3) is 0 Å². The van der Waals surface area contributed by atoms with E-state index in [1.165, 1.54) is 0 Å². The molecule has 0 spiro atoms. The Balaban J connectivity index is 2.94. The highest BCUT2D eigenvalue weighted by Crippen LogP contribution is 2.18. The van der Waals surface area contributed by atoms with E-state index in [2.05, 4.69) is 4.98 Å². The van der Waals surface area contributed by atoms with Gasteiger partial charge in [0.05, 0.1) is 11.8 Å². The maximum Gasteiger partial charge on any atom is 0.330 e. The molecule has 1 aromatic heterocycles. The third-order valence-corrected chi connectivity index (χ3v) is 1.98. The van der Waals surface area contributed by atoms with Gasteiger partial charge in [-0.25, -0.2) is 0 Å². The van der Waals surface area contributed by atoms with Crippen molar-refractivity contribution < 1.29 is 9.53 Å². The second kappa shape index (κ2) is 4.96. The molecule has 0 fully saturated rings. The van der Waals surface area contributed by atoms with Crippen LogP contribution >= 0.6 is 0 Å². The largest absolute Gasteiger partial charge is 0.459 e. The maximum absolute atomic E-state index is 11.8. The van der Waals surface area contributed by atoms with E-state index in [0.29, 0.717) is 5.69 Å². The molecule has 0 aliphatic carbocycles. The van der Waals surface area contributed by atoms with E-state index in [1.807, 2.05) is 19.1 Å². The number of rotatable bonds is 2. The fourth-order valence-electron chi connectivity index (χ4n) is 1.33. The van der Waals surface area contributed by atoms with Crippen molar-refractivity contribution in [2.45, 2.75) is 39.2 Å². The predicted octanol–water partition coefficient (Wildman–Crippen LogP) is 2.34. The minimum absolute atomic E-state index is 0.432. The van der Waals surface area contributed by atoms with Gasteiger partial charge in [-0.15, -0.1) is 0 Å². The number of carbonyl (C=O) groups excluding carboxylic acids is 1. The molecule has 0 aliphatic heterocycles. The summed E-state index contributed by atoms with van der Waals surface area (Å²) in [6.45, 7) is 7.11. The average Bonchev–Trinajstić information content (AvgIpc) is 2.15. The summed E-state index contributed by atoms with van der Waals surface area (Å²) < 4.78 is 5.18. The van der Waals surface area contributed by atoms with Crippen LogP contribution in [0, 0.1) is 18.3 Å². The number of hydrogen-bond acceptors (Lipinski definition) is 4. The van der Waals surface area contributed by atoms with Gasteiger partial charge in [0.15, 0.2) is 5.92 Å². The van der Waals surface area contributed by atoms with Crippen molar-refractivity contribution in [2.24, 2.45) is 0 Å². The van der Waals surface area contributed by atoms with Crippen LogP contribution in [0.5, 0.6) is 0 Å². The molecule has 4 heteroatoms. The van der Waals surface area contributed by atoms with Crippen LogP contribution in [0.15, 0.2) is 18.2 Å². The molecule has 1 atom stereocenters. The molecule has 90 valence electrons. The molecular formula is C13H16N2O2. The molecule has 0 saturated heterocycles. The Bertz CT molecular complexity index is 455. The van der Waals surface area contributed by atoms with Crippen LogP contribution in [0.3, 0.4) is 0 Å². The Morgan fingerprint density at radius 3 is 2.59 bits per heavy atom. The van der Waals surface area contributed by atoms with Crippen molar-refractivity contribution in [2.75, 3.05) is 0 Å². The van der Waals surface area contributed by atoms with Crippen LogP contribution in [-0.4, -0.2) is 16.6 Å². The zero-order valence-electron chi connectivity index (χ0n) is 10.5. The minimum Gasteiger partial charge on any atom is -0.459 e. The van der Waals surface area contributed by atoms with Crippen molar-refractivity contribution in [1.82, 2.24) is 4.98 Å². The Labute approximate surface area is 101 Å². The molecule has 0 amide bonds. The van der Waals surface area contributed by atoms with Crippen LogP contribution < -0.4 is 0 Å². The first-order valence-corrected chi connectivity index (χ1v) is 5.39. The van der Waals surface area contributed by atoms with E-state index in [-0.39, 0.29) is 0 Å². The molecule has 4 nitrogen and oxygen atoms in total. The highest BCUT2D eigenvalue weighted by molar-refractivity contribution is 5.81. The lowest BCUT2D eigenvalue weighted by Gasteiger charge is -2.21. The van der Waals surface area contributed by atoms with Crippen molar-refractivity contribution in [3.05, 3.63) is 29.6 Å². The summed E-state index contributed by atoms with van der Waals surface area (Å²) in [6.07, 6.45) is 0. The van der Waals surface area contributed by atoms with Gasteiger partial charge >= 0.3 is 5.97 Å². The molecule has 0 saturated carbocycles. The van der Waals surface area contributed by atoms with Crippen LogP contribution in [0.1, 0.15) is 38.1 Å². The van der Waals surface area contributed by atoms with Crippen molar-refractivity contribution >= 4 is 5.97 Å². The van der Waals surface area contributed by atoms with Gasteiger partial charge in [0.1, 0.15) is 5.60 Å². The van der Waals surface area contributed by atoms with Gasteiger partial charge in [0.25, 0.3) is 0 Å². The minimum atomic E-state index is -0.964. The van der Waals surface area contributed by atoms with Gasteiger partial charge in [-0.1, -0.05) is 6.07 Å². The zero-order valence-corrected chi connectivity index (χ0v) is 10.5. The van der Waals surface area contributed by atoms with Crippen molar-refractivity contribution in [3.8, 4) is 6.07 Å². The summed E-state index contributed by atoms with van der Waals surface area (Å²) in [5.74, 6) is -1.52. The number of aromatic nitrogens is 1. The summed E-state index contributed by atoms with van der Waals surface area (Å²) in [4.78, 5) is 16.0. The molecule has 0 aromatic carbocycles. The van der Waals surface area contributed by atoms with E-state index >= 15 is 0 Å². The first-order valence-electron chi connectivity index (χ1n) is 5.39. The van der Waals surface area contributed by atoms with Gasteiger partial charge in [-0.3, -0.25) is 9.78 Å². The smallest absolute Gasteiger partial charge is 0.330 e. The Kier molecular flexibility index (Phi) is 3.84. The van der Waals surface area contributed by atoms with E-state index in [1.54, 1.807) is 32.9 Å². The summed E-state index contributed by atoms with van der Waals surface area (Å²) >= 11 is 0. The molecule has 1 heterocycles. The first-order chi connectivity index (χ1) is 7.83. The highest BCUT2D eigenvalue weighted by atomic mass is 16.6. The second-order valence-electron chi connectivity index (χ2n) is 4.80. The highest BCUT2D eigenvalue weighted by Gasteiger charge is 2.27. The molecule has 0 aliphatic rings. The molecule has 1 unspecified atom stereocenters. The number of carbonyl (C=O) groups is 1. The van der Waals surface area contributed by atoms with Gasteiger partial charge in [0, 0.05) is 5.69 Å². The summed E-state index contributed by atoms with van der Waals surface area (Å²) in [5, 5.41) is 9.05. The second-order valence-corrected chi connectivity index (χ2v) is 4.80. The maximum atomic E-state index is 11.8. The summed E-state index contributed by atoms with van der Waals surface area (Å²) in [7, 11) is 0. The van der Waals surface area contributed by atoms with E-state index in [4.69, 9.17) is 10.00 Å². The van der Waals surface area contributed by atoms with Crippen molar-refractivity contribution in [1.29, 1.82) is 5.26 Å². The van der Waals surface area contributed by atoms with E-state index < -0.39 is 17.5 Å². The molecule has 17 heavy (non-hydrogen) atoms. The number of pyridine rings is 1. The lowest BCUT2D eigenvalue weighted by molar-refractivity contribution is -0.155. The van der Waals surface area contributed by atoms with Gasteiger partial charge in [-0.05, 0) is 39.8 Å². The zero-order chi connectivity index (χ0) is 13.1. The van der Waals surface area contributed by atoms with E-state index in [0.717, 1.165) is 5.69 Å². The fraction of sp³-hybridized carbons (Fsp3) is 0.462. The van der Waals surface area contributed by atoms with E-state index in [9.17, 15) is 4.79 Å². The Morgan fingerprint density at radius 2 is 2.12 bits per heavy atom. The molecule has 1 aromatic rings. The Hall–Kier alpha value is -1.89. The molecule has 1 rings (SSSR count). The number of hydrogen-bond donors (Lipinski definition) is 0. The summed E-state index contributed by atoms with van der Waals surface area (Å²) in [5.41, 5.74) is 0.601. The molecule has 0 radical (unpaired) electrons. The van der Waals surface area contributed by atoms with Crippen LogP contribution in [0.4, 0.5) is 0 Å². The third-order valence-electron chi connectivity index (χ3n) is 1.98. The number of ether oxygens (including phenoxy) is 1. The molecular weight excluding hydrogens is 216 g/mol. The normalized spacial score (nSPS) is 12.6. The third kappa shape index (κ3) is 3.87. The van der Waals surface area contributed by atoms with Gasteiger partial charge in [0.2, 0.25) is 0 Å². The monoisotopic (exact) mass is 232 g/mol. The SMILES string of the molecule is Cc1cccc(C(C#N)C(=O)OC(C)(C)C)n1. The molecule has 0 N–H and O–H groups in total. The lowest BCUT2D eigenvalue weighted by Crippen LogP contribution is -2.27. The number of esters is 1. The fourth-order valence-corrected chi connectivity index (χ4v) is 1.33. The topological polar surface area (TPSA) is 63.0 Å². The lowest BCUT2D eigenvalue weighted by atomic mass is 10.1. The number of nitriles is 1. The molecule has 0 bridgehead atoms. The summed E-state index contributed by atoms with van der Waals surface area (Å²) in [6, 6.07) is 7.17. The van der Waals surface area contributed by atoms with Crippen LogP contribution in [-0.2, 0) is 9.53 Å². The first kappa shape index (κ1) is 13.2. The Morgan fingerprint density at radius 1 is 1.47 bits per heavy atom. The predicted molar refractivity (Wildman–Crippen MR) is 63.2 cm³/mol. The number of aryl methyl sites for hydroxylation is 1. The van der Waals surface area contributed by atoms with Gasteiger partial charge in [-0.2, -0.15) is 5.26 Å². The average molecular weight is 232 g/mol.